The van der Waals surface area contributed by atoms with Gasteiger partial charge in [-0.25, -0.2) is 19.7 Å². The van der Waals surface area contributed by atoms with Crippen molar-refractivity contribution in [3.8, 4) is 0 Å². The average Bonchev–Trinajstić information content (AvgIpc) is 3.49. The summed E-state index contributed by atoms with van der Waals surface area (Å²) in [5, 5.41) is 6.18. The fourth-order valence-corrected chi connectivity index (χ4v) is 5.46. The van der Waals surface area contributed by atoms with E-state index in [9.17, 15) is 4.79 Å². The maximum Gasteiger partial charge on any atom is 0.321 e. The molecule has 0 aromatic carbocycles. The van der Waals surface area contributed by atoms with Gasteiger partial charge in [-0.05, 0) is 5.92 Å². The predicted molar refractivity (Wildman–Crippen MR) is 122 cm³/mol. The minimum absolute atomic E-state index is 0.262. The van der Waals surface area contributed by atoms with Crippen LogP contribution in [-0.2, 0) is 25.6 Å². The number of rotatable bonds is 9. The number of aromatic nitrogens is 4. The van der Waals surface area contributed by atoms with Gasteiger partial charge >= 0.3 is 6.03 Å². The van der Waals surface area contributed by atoms with Crippen molar-refractivity contribution in [2.75, 3.05) is 11.9 Å². The van der Waals surface area contributed by atoms with Gasteiger partial charge < -0.3 is 14.3 Å². The number of carbonyl (C=O) groups is 1. The molecule has 8 nitrogen and oxygen atoms in total. The normalized spacial score (nSPS) is 14.6. The van der Waals surface area contributed by atoms with E-state index < -0.39 is 0 Å². The Morgan fingerprint density at radius 3 is 2.94 bits per heavy atom. The highest BCUT2D eigenvalue weighted by Crippen LogP contribution is 2.31. The summed E-state index contributed by atoms with van der Waals surface area (Å²) >= 11 is 3.06. The van der Waals surface area contributed by atoms with Crippen molar-refractivity contribution in [2.45, 2.75) is 54.9 Å². The van der Waals surface area contributed by atoms with Crippen LogP contribution >= 0.6 is 23.1 Å². The molecule has 0 saturated heterocycles. The van der Waals surface area contributed by atoms with Crippen LogP contribution in [0.3, 0.4) is 0 Å². The van der Waals surface area contributed by atoms with Crippen molar-refractivity contribution < 1.29 is 9.21 Å². The first-order valence-corrected chi connectivity index (χ1v) is 12.5. The first kappa shape index (κ1) is 21.9. The zero-order chi connectivity index (χ0) is 21.5. The Hall–Kier alpha value is -2.33. The van der Waals surface area contributed by atoms with Gasteiger partial charge in [-0.15, -0.1) is 11.8 Å². The maximum atomic E-state index is 12.0. The molecule has 1 aliphatic carbocycles. The number of hydrogen-bond acceptors (Lipinski definition) is 7. The molecule has 4 rings (SSSR count). The van der Waals surface area contributed by atoms with Crippen LogP contribution < -0.4 is 10.6 Å². The molecule has 0 spiro atoms. The summed E-state index contributed by atoms with van der Waals surface area (Å²) < 4.78 is 8.83. The molecule has 0 unspecified atom stereocenters. The highest BCUT2D eigenvalue weighted by atomic mass is 32.2. The number of hydrogen-bond donors (Lipinski definition) is 2. The molecule has 3 heterocycles. The summed E-state index contributed by atoms with van der Waals surface area (Å²) in [6, 6.07) is -0.262. The van der Waals surface area contributed by atoms with E-state index in [4.69, 9.17) is 4.42 Å². The van der Waals surface area contributed by atoms with Gasteiger partial charge in [0.25, 0.3) is 0 Å². The molecular formula is C21H28N6O2S2. The third kappa shape index (κ3) is 6.83. The van der Waals surface area contributed by atoms with E-state index in [2.05, 4.69) is 25.6 Å². The molecule has 3 aromatic heterocycles. The van der Waals surface area contributed by atoms with E-state index in [0.29, 0.717) is 23.8 Å². The second-order valence-corrected chi connectivity index (χ2v) is 10.2. The molecule has 2 amide bonds. The molecule has 0 radical (unpaired) electrons. The number of carbonyl (C=O) groups excluding carboxylic acids is 1. The first-order valence-electron chi connectivity index (χ1n) is 10.7. The number of oxazole rings is 1. The Morgan fingerprint density at radius 1 is 1.26 bits per heavy atom. The lowest BCUT2D eigenvalue weighted by Crippen LogP contribution is -2.30. The number of nitrogens with one attached hydrogen (secondary N) is 2. The van der Waals surface area contributed by atoms with E-state index >= 15 is 0 Å². The Balaban J connectivity index is 1.17. The largest absolute Gasteiger partial charge is 0.445 e. The van der Waals surface area contributed by atoms with E-state index in [1.54, 1.807) is 24.3 Å². The lowest BCUT2D eigenvalue weighted by molar-refractivity contribution is 0.252. The summed E-state index contributed by atoms with van der Waals surface area (Å²) in [6.45, 7) is 0.517. The topological polar surface area (TPSA) is 97.9 Å². The van der Waals surface area contributed by atoms with Crippen LogP contribution in [0.2, 0.25) is 0 Å². The highest BCUT2D eigenvalue weighted by Gasteiger charge is 2.16. The summed E-state index contributed by atoms with van der Waals surface area (Å²) in [5.41, 5.74) is 0.948. The number of urea groups is 1. The van der Waals surface area contributed by atoms with Gasteiger partial charge in [-0.2, -0.15) is 0 Å². The van der Waals surface area contributed by atoms with Crippen molar-refractivity contribution in [3.63, 3.8) is 0 Å². The van der Waals surface area contributed by atoms with Crippen molar-refractivity contribution in [1.29, 1.82) is 0 Å². The van der Waals surface area contributed by atoms with Gasteiger partial charge in [0, 0.05) is 32.6 Å². The van der Waals surface area contributed by atoms with Crippen molar-refractivity contribution in [1.82, 2.24) is 24.8 Å². The molecule has 10 heteroatoms. The molecule has 1 saturated carbocycles. The van der Waals surface area contributed by atoms with Crippen LogP contribution in [0, 0.1) is 5.92 Å². The number of nitrogens with zero attached hydrogens (tertiary/aromatic N) is 4. The molecule has 1 aliphatic rings. The predicted octanol–water partition coefficient (Wildman–Crippen LogP) is 4.64. The molecule has 2 N–H and O–H groups in total. The molecule has 3 aromatic rings. The van der Waals surface area contributed by atoms with Crippen LogP contribution in [0.5, 0.6) is 0 Å². The number of thioether (sulfide) groups is 1. The van der Waals surface area contributed by atoms with Crippen molar-refractivity contribution in [3.05, 3.63) is 42.3 Å². The van der Waals surface area contributed by atoms with E-state index in [-0.39, 0.29) is 6.03 Å². The van der Waals surface area contributed by atoms with Gasteiger partial charge in [-0.3, -0.25) is 5.32 Å². The third-order valence-corrected chi connectivity index (χ3v) is 7.38. The molecule has 1 fully saturated rings. The fourth-order valence-electron chi connectivity index (χ4n) is 3.74. The van der Waals surface area contributed by atoms with Gasteiger partial charge in [-0.1, -0.05) is 43.4 Å². The molecule has 0 bridgehead atoms. The van der Waals surface area contributed by atoms with E-state index in [1.807, 2.05) is 24.0 Å². The SMILES string of the molecule is Cn1cnc(CCNC(=O)Nc2ncc(SCc3ncc(CC4CCCCC4)o3)s2)c1. The van der Waals surface area contributed by atoms with E-state index in [1.165, 1.54) is 43.4 Å². The average molecular weight is 461 g/mol. The Bertz CT molecular complexity index is 976. The van der Waals surface area contributed by atoms with Gasteiger partial charge in [0.15, 0.2) is 5.13 Å². The number of anilines is 1. The Labute approximate surface area is 190 Å². The highest BCUT2D eigenvalue weighted by molar-refractivity contribution is 8.00. The van der Waals surface area contributed by atoms with Crippen molar-refractivity contribution in [2.24, 2.45) is 13.0 Å². The molecular weight excluding hydrogens is 432 g/mol. The van der Waals surface area contributed by atoms with Gasteiger partial charge in [0.1, 0.15) is 5.76 Å². The molecule has 0 atom stereocenters. The second-order valence-electron chi connectivity index (χ2n) is 7.86. The number of aryl methyl sites for hydroxylation is 1. The van der Waals surface area contributed by atoms with Crippen LogP contribution in [0.15, 0.2) is 33.5 Å². The number of imidazole rings is 1. The Kier molecular flexibility index (Phi) is 7.63. The minimum Gasteiger partial charge on any atom is -0.445 e. The fraction of sp³-hybridized carbons (Fsp3) is 0.524. The van der Waals surface area contributed by atoms with Crippen molar-refractivity contribution >= 4 is 34.3 Å². The lowest BCUT2D eigenvalue weighted by Gasteiger charge is -2.19. The van der Waals surface area contributed by atoms with Gasteiger partial charge in [0.05, 0.1) is 34.4 Å². The van der Waals surface area contributed by atoms with Crippen LogP contribution in [0.1, 0.15) is 49.4 Å². The van der Waals surface area contributed by atoms with Gasteiger partial charge in [0.2, 0.25) is 5.89 Å². The quantitative estimate of drug-likeness (QED) is 0.451. The summed E-state index contributed by atoms with van der Waals surface area (Å²) in [5.74, 6) is 3.14. The summed E-state index contributed by atoms with van der Waals surface area (Å²) in [6.07, 6.45) is 15.7. The maximum absolute atomic E-state index is 12.0. The zero-order valence-corrected chi connectivity index (χ0v) is 19.3. The lowest BCUT2D eigenvalue weighted by atomic mass is 9.86. The Morgan fingerprint density at radius 2 is 2.13 bits per heavy atom. The molecule has 0 aliphatic heterocycles. The molecule has 31 heavy (non-hydrogen) atoms. The molecule has 166 valence electrons. The smallest absolute Gasteiger partial charge is 0.321 e. The summed E-state index contributed by atoms with van der Waals surface area (Å²) in [7, 11) is 1.92. The van der Waals surface area contributed by atoms with Crippen LogP contribution in [0.25, 0.3) is 0 Å². The van der Waals surface area contributed by atoms with Crippen LogP contribution in [0.4, 0.5) is 9.93 Å². The third-order valence-electron chi connectivity index (χ3n) is 5.28. The van der Waals surface area contributed by atoms with Crippen LogP contribution in [-0.4, -0.2) is 32.1 Å². The first-order chi connectivity index (χ1) is 15.1. The number of amides is 2. The monoisotopic (exact) mass is 460 g/mol. The minimum atomic E-state index is -0.262. The van der Waals surface area contributed by atoms with E-state index in [0.717, 1.165) is 33.9 Å². The number of thiazole rings is 1. The summed E-state index contributed by atoms with van der Waals surface area (Å²) in [4.78, 5) is 25.0. The standard InChI is InChI=1S/C21H28N6O2S2/c1-27-12-16(25-14-27)7-8-22-20(28)26-21-24-11-19(31-21)30-13-18-23-10-17(29-18)9-15-5-3-2-4-6-15/h10-12,14-15H,2-9,13H2,1H3,(H2,22,24,26,28). The second kappa shape index (κ2) is 10.8. The zero-order valence-electron chi connectivity index (χ0n) is 17.7.